The molecule has 0 aliphatic heterocycles. The Bertz CT molecular complexity index is 413. The summed E-state index contributed by atoms with van der Waals surface area (Å²) in [5.74, 6) is 1.67. The maximum atomic E-state index is 5.92. The van der Waals surface area contributed by atoms with Crippen molar-refractivity contribution in [1.29, 1.82) is 0 Å². The molecule has 1 aromatic rings. The lowest BCUT2D eigenvalue weighted by Crippen LogP contribution is -2.29. The first-order valence-electron chi connectivity index (χ1n) is 7.35. The molecule has 1 aromatic carbocycles. The normalized spacial score (nSPS) is 15.2. The van der Waals surface area contributed by atoms with Gasteiger partial charge in [0.1, 0.15) is 5.75 Å². The molecule has 0 atom stereocenters. The van der Waals surface area contributed by atoms with Gasteiger partial charge in [0.15, 0.2) is 0 Å². The van der Waals surface area contributed by atoms with Crippen LogP contribution in [-0.2, 0) is 6.54 Å². The third kappa shape index (κ3) is 4.13. The van der Waals surface area contributed by atoms with Crippen molar-refractivity contribution in [1.82, 2.24) is 4.90 Å². The van der Waals surface area contributed by atoms with E-state index in [2.05, 4.69) is 24.8 Å². The minimum absolute atomic E-state index is 0.692. The van der Waals surface area contributed by atoms with Crippen LogP contribution in [0.4, 0.5) is 5.69 Å². The fraction of sp³-hybridized carbons (Fsp3) is 0.625. The quantitative estimate of drug-likeness (QED) is 0.766. The summed E-state index contributed by atoms with van der Waals surface area (Å²) >= 11 is 0. The van der Waals surface area contributed by atoms with Gasteiger partial charge in [-0.15, -0.1) is 0 Å². The molecule has 19 heavy (non-hydrogen) atoms. The average molecular weight is 262 g/mol. The highest BCUT2D eigenvalue weighted by Crippen LogP contribution is 2.31. The lowest BCUT2D eigenvalue weighted by molar-refractivity contribution is 0.221. The van der Waals surface area contributed by atoms with Crippen LogP contribution in [0, 0.1) is 5.92 Å². The van der Waals surface area contributed by atoms with E-state index in [9.17, 15) is 0 Å². The Morgan fingerprint density at radius 3 is 2.68 bits per heavy atom. The van der Waals surface area contributed by atoms with E-state index in [1.54, 1.807) is 0 Å². The van der Waals surface area contributed by atoms with E-state index in [0.717, 1.165) is 30.6 Å². The third-order valence-electron chi connectivity index (χ3n) is 3.42. The number of ether oxygens (including phenoxy) is 1. The minimum Gasteiger partial charge on any atom is -0.494 e. The number of hydrogen-bond donors (Lipinski definition) is 1. The first-order valence-corrected chi connectivity index (χ1v) is 7.35. The van der Waals surface area contributed by atoms with E-state index >= 15 is 0 Å². The summed E-state index contributed by atoms with van der Waals surface area (Å²) in [6, 6.07) is 6.73. The molecule has 0 amide bonds. The van der Waals surface area contributed by atoms with Gasteiger partial charge >= 0.3 is 0 Å². The number of nitrogens with zero attached hydrogens (tertiary/aromatic N) is 1. The van der Waals surface area contributed by atoms with Gasteiger partial charge < -0.3 is 10.5 Å². The van der Waals surface area contributed by atoms with Gasteiger partial charge in [0, 0.05) is 30.4 Å². The second-order valence-electron chi connectivity index (χ2n) is 5.85. The molecule has 1 aliphatic rings. The zero-order valence-corrected chi connectivity index (χ0v) is 12.4. The van der Waals surface area contributed by atoms with Crippen molar-refractivity contribution in [2.45, 2.75) is 46.2 Å². The van der Waals surface area contributed by atoms with Crippen molar-refractivity contribution < 1.29 is 4.74 Å². The van der Waals surface area contributed by atoms with Crippen molar-refractivity contribution in [2.24, 2.45) is 5.92 Å². The number of hydrogen-bond acceptors (Lipinski definition) is 3. The monoisotopic (exact) mass is 262 g/mol. The molecule has 1 saturated carbocycles. The molecule has 2 N–H and O–H groups in total. The highest BCUT2D eigenvalue weighted by atomic mass is 16.5. The predicted octanol–water partition coefficient (Wildman–Crippen LogP) is 3.29. The Balaban J connectivity index is 2.12. The zero-order chi connectivity index (χ0) is 13.8. The Labute approximate surface area is 116 Å². The maximum absolute atomic E-state index is 5.92. The molecule has 0 aromatic heterocycles. The zero-order valence-electron chi connectivity index (χ0n) is 12.4. The minimum atomic E-state index is 0.692. The molecule has 106 valence electrons. The van der Waals surface area contributed by atoms with E-state index in [0.29, 0.717) is 12.5 Å². The first kappa shape index (κ1) is 14.2. The van der Waals surface area contributed by atoms with Crippen LogP contribution in [-0.4, -0.2) is 24.1 Å². The maximum Gasteiger partial charge on any atom is 0.123 e. The first-order chi connectivity index (χ1) is 9.10. The van der Waals surface area contributed by atoms with Crippen LogP contribution in [0.15, 0.2) is 18.2 Å². The van der Waals surface area contributed by atoms with Crippen LogP contribution < -0.4 is 10.5 Å². The van der Waals surface area contributed by atoms with Crippen LogP contribution in [0.1, 0.15) is 39.2 Å². The van der Waals surface area contributed by atoms with Gasteiger partial charge in [0.05, 0.1) is 6.61 Å². The average Bonchev–Trinajstić information content (AvgIpc) is 3.15. The summed E-state index contributed by atoms with van der Waals surface area (Å²) in [4.78, 5) is 2.57. The molecule has 0 bridgehead atoms. The van der Waals surface area contributed by atoms with Crippen LogP contribution >= 0.6 is 0 Å². The van der Waals surface area contributed by atoms with Crippen LogP contribution in [0.3, 0.4) is 0 Å². The molecule has 0 heterocycles. The van der Waals surface area contributed by atoms with Gasteiger partial charge in [0.2, 0.25) is 0 Å². The summed E-state index contributed by atoms with van der Waals surface area (Å²) in [5, 5.41) is 0. The molecule has 3 nitrogen and oxygen atoms in total. The number of nitrogen functional groups attached to an aromatic ring is 1. The van der Waals surface area contributed by atoms with E-state index in [1.807, 2.05) is 19.1 Å². The Hall–Kier alpha value is -1.22. The fourth-order valence-corrected chi connectivity index (χ4v) is 2.49. The van der Waals surface area contributed by atoms with Crippen molar-refractivity contribution in [3.63, 3.8) is 0 Å². The summed E-state index contributed by atoms with van der Waals surface area (Å²) in [6.45, 7) is 9.36. The van der Waals surface area contributed by atoms with Gasteiger partial charge in [-0.1, -0.05) is 13.8 Å². The smallest absolute Gasteiger partial charge is 0.123 e. The summed E-state index contributed by atoms with van der Waals surface area (Å²) in [5.41, 5.74) is 7.95. The predicted molar refractivity (Wildman–Crippen MR) is 80.3 cm³/mol. The number of nitrogens with two attached hydrogens (primary N) is 1. The Morgan fingerprint density at radius 1 is 1.37 bits per heavy atom. The molecule has 0 radical (unpaired) electrons. The molecule has 3 heteroatoms. The summed E-state index contributed by atoms with van der Waals surface area (Å²) < 4.78 is 5.72. The molecule has 0 saturated heterocycles. The summed E-state index contributed by atoms with van der Waals surface area (Å²) in [7, 11) is 0. The third-order valence-corrected chi connectivity index (χ3v) is 3.42. The molecule has 1 fully saturated rings. The van der Waals surface area contributed by atoms with E-state index in [4.69, 9.17) is 10.5 Å². The van der Waals surface area contributed by atoms with E-state index in [1.165, 1.54) is 18.4 Å². The topological polar surface area (TPSA) is 38.5 Å². The number of anilines is 1. The molecular weight excluding hydrogens is 236 g/mol. The van der Waals surface area contributed by atoms with Gasteiger partial charge in [-0.05, 0) is 43.9 Å². The Morgan fingerprint density at radius 2 is 2.11 bits per heavy atom. The lowest BCUT2D eigenvalue weighted by atomic mass is 10.1. The largest absolute Gasteiger partial charge is 0.494 e. The van der Waals surface area contributed by atoms with Crippen molar-refractivity contribution in [3.05, 3.63) is 23.8 Å². The number of benzene rings is 1. The van der Waals surface area contributed by atoms with Crippen molar-refractivity contribution in [3.8, 4) is 5.75 Å². The van der Waals surface area contributed by atoms with Crippen molar-refractivity contribution in [2.75, 3.05) is 18.9 Å². The van der Waals surface area contributed by atoms with Gasteiger partial charge in [-0.3, -0.25) is 4.90 Å². The number of rotatable bonds is 7. The van der Waals surface area contributed by atoms with Gasteiger partial charge in [-0.2, -0.15) is 0 Å². The second-order valence-corrected chi connectivity index (χ2v) is 5.85. The van der Waals surface area contributed by atoms with E-state index < -0.39 is 0 Å². The van der Waals surface area contributed by atoms with Crippen LogP contribution in [0.25, 0.3) is 0 Å². The molecule has 2 rings (SSSR count). The molecule has 0 unspecified atom stereocenters. The highest BCUT2D eigenvalue weighted by molar-refractivity contribution is 5.47. The second kappa shape index (κ2) is 6.29. The van der Waals surface area contributed by atoms with E-state index in [-0.39, 0.29) is 0 Å². The van der Waals surface area contributed by atoms with Gasteiger partial charge in [-0.25, -0.2) is 0 Å². The fourth-order valence-electron chi connectivity index (χ4n) is 2.49. The molecule has 0 spiro atoms. The summed E-state index contributed by atoms with van der Waals surface area (Å²) in [6.07, 6.45) is 2.66. The standard InChI is InChI=1S/C16H26N2O/c1-4-19-16-8-5-14(17)9-13(16)11-18(10-12(2)3)15-6-7-15/h5,8-9,12,15H,4,6-7,10-11,17H2,1-3H3. The SMILES string of the molecule is CCOc1ccc(N)cc1CN(CC(C)C)C1CC1. The molecular formula is C16H26N2O. The Kier molecular flexibility index (Phi) is 4.70. The van der Waals surface area contributed by atoms with Crippen LogP contribution in [0.2, 0.25) is 0 Å². The lowest BCUT2D eigenvalue weighted by Gasteiger charge is -2.25. The highest BCUT2D eigenvalue weighted by Gasteiger charge is 2.29. The van der Waals surface area contributed by atoms with Gasteiger partial charge in [0.25, 0.3) is 0 Å². The van der Waals surface area contributed by atoms with Crippen LogP contribution in [0.5, 0.6) is 5.75 Å². The van der Waals surface area contributed by atoms with Crippen molar-refractivity contribution >= 4 is 5.69 Å². The molecule has 1 aliphatic carbocycles.